The zero-order valence-electron chi connectivity index (χ0n) is 15.0. The molecule has 1 aromatic carbocycles. The standard InChI is InChI=1S/C20H22N4O2/c1-13-14(2)23-26-20(13)16-12-21-22-19(16)17-9-6-10-24(17)18(25)11-15-7-4-3-5-8-15/h3-5,7-8,12,17H,6,9-11H2,1-2H3,(H,21,22). The number of nitrogens with one attached hydrogen (secondary N) is 1. The molecule has 134 valence electrons. The van der Waals surface area contributed by atoms with Crippen LogP contribution in [0.1, 0.15) is 41.4 Å². The Balaban J connectivity index is 1.61. The number of benzene rings is 1. The number of H-pyrrole nitrogens is 1. The Kier molecular flexibility index (Phi) is 4.32. The molecule has 6 heteroatoms. The van der Waals surface area contributed by atoms with Gasteiger partial charge in [-0.05, 0) is 32.3 Å². The van der Waals surface area contributed by atoms with Crippen molar-refractivity contribution in [3.8, 4) is 11.3 Å². The number of carbonyl (C=O) groups excluding carboxylic acids is 1. The summed E-state index contributed by atoms with van der Waals surface area (Å²) in [6.45, 7) is 4.68. The zero-order valence-corrected chi connectivity index (χ0v) is 15.0. The number of aromatic amines is 1. The van der Waals surface area contributed by atoms with Crippen LogP contribution in [0.15, 0.2) is 41.1 Å². The Labute approximate surface area is 152 Å². The summed E-state index contributed by atoms with van der Waals surface area (Å²) in [7, 11) is 0. The minimum atomic E-state index is -0.00600. The molecule has 1 N–H and O–H groups in total. The van der Waals surface area contributed by atoms with Crippen LogP contribution < -0.4 is 0 Å². The number of aryl methyl sites for hydroxylation is 1. The minimum Gasteiger partial charge on any atom is -0.356 e. The number of aromatic nitrogens is 3. The van der Waals surface area contributed by atoms with Crippen molar-refractivity contribution in [2.75, 3.05) is 6.54 Å². The minimum absolute atomic E-state index is 0.00600. The van der Waals surface area contributed by atoms with Crippen molar-refractivity contribution in [2.45, 2.75) is 39.2 Å². The van der Waals surface area contributed by atoms with E-state index < -0.39 is 0 Å². The monoisotopic (exact) mass is 350 g/mol. The summed E-state index contributed by atoms with van der Waals surface area (Å²) in [6, 6.07) is 9.87. The number of hydrogen-bond acceptors (Lipinski definition) is 4. The van der Waals surface area contributed by atoms with Crippen molar-refractivity contribution in [1.82, 2.24) is 20.3 Å². The van der Waals surface area contributed by atoms with Crippen molar-refractivity contribution in [1.29, 1.82) is 0 Å². The van der Waals surface area contributed by atoms with Crippen LogP contribution >= 0.6 is 0 Å². The molecule has 0 spiro atoms. The first kappa shape index (κ1) is 16.6. The van der Waals surface area contributed by atoms with Gasteiger partial charge in [0.15, 0.2) is 5.76 Å². The molecule has 3 heterocycles. The van der Waals surface area contributed by atoms with Crippen LogP contribution in [0, 0.1) is 13.8 Å². The summed E-state index contributed by atoms with van der Waals surface area (Å²) < 4.78 is 5.52. The number of carbonyl (C=O) groups is 1. The third kappa shape index (κ3) is 2.92. The number of amides is 1. The van der Waals surface area contributed by atoms with E-state index >= 15 is 0 Å². The maximum Gasteiger partial charge on any atom is 0.227 e. The van der Waals surface area contributed by atoms with Gasteiger partial charge in [0.1, 0.15) is 0 Å². The third-order valence-corrected chi connectivity index (χ3v) is 5.18. The topological polar surface area (TPSA) is 75.0 Å². The molecule has 1 aliphatic rings. The fourth-order valence-corrected chi connectivity index (χ4v) is 3.63. The fraction of sp³-hybridized carbons (Fsp3) is 0.350. The van der Waals surface area contributed by atoms with E-state index in [-0.39, 0.29) is 11.9 Å². The molecule has 0 radical (unpaired) electrons. The first-order valence-corrected chi connectivity index (χ1v) is 8.95. The molecule has 3 aromatic rings. The number of likely N-dealkylation sites (tertiary alicyclic amines) is 1. The van der Waals surface area contributed by atoms with Gasteiger partial charge in [0.2, 0.25) is 5.91 Å². The zero-order chi connectivity index (χ0) is 18.1. The average molecular weight is 350 g/mol. The highest BCUT2D eigenvalue weighted by Crippen LogP contribution is 2.38. The molecule has 1 atom stereocenters. The second-order valence-electron chi connectivity index (χ2n) is 6.83. The predicted octanol–water partition coefficient (Wildman–Crippen LogP) is 3.59. The molecule has 0 bridgehead atoms. The smallest absolute Gasteiger partial charge is 0.227 e. The highest BCUT2D eigenvalue weighted by molar-refractivity contribution is 5.80. The average Bonchev–Trinajstić information content (AvgIpc) is 3.36. The van der Waals surface area contributed by atoms with Crippen LogP contribution in [0.5, 0.6) is 0 Å². The van der Waals surface area contributed by atoms with Crippen LogP contribution in [0.25, 0.3) is 11.3 Å². The van der Waals surface area contributed by atoms with E-state index in [0.29, 0.717) is 6.42 Å². The molecule has 6 nitrogen and oxygen atoms in total. The van der Waals surface area contributed by atoms with Gasteiger partial charge in [-0.25, -0.2) is 0 Å². The van der Waals surface area contributed by atoms with Crippen molar-refractivity contribution in [3.63, 3.8) is 0 Å². The van der Waals surface area contributed by atoms with E-state index in [4.69, 9.17) is 4.52 Å². The van der Waals surface area contributed by atoms with Gasteiger partial charge in [-0.3, -0.25) is 9.89 Å². The number of nitrogens with zero attached hydrogens (tertiary/aromatic N) is 3. The van der Waals surface area contributed by atoms with Gasteiger partial charge in [0.25, 0.3) is 0 Å². The lowest BCUT2D eigenvalue weighted by atomic mass is 10.0. The molecule has 0 aliphatic carbocycles. The lowest BCUT2D eigenvalue weighted by Gasteiger charge is -2.24. The van der Waals surface area contributed by atoms with Crippen LogP contribution in [-0.2, 0) is 11.2 Å². The molecule has 2 aromatic heterocycles. The van der Waals surface area contributed by atoms with Gasteiger partial charge in [-0.15, -0.1) is 0 Å². The SMILES string of the molecule is Cc1noc(-c2cn[nH]c2C2CCCN2C(=O)Cc2ccccc2)c1C. The summed E-state index contributed by atoms with van der Waals surface area (Å²) in [4.78, 5) is 14.9. The van der Waals surface area contributed by atoms with Crippen LogP contribution in [-0.4, -0.2) is 32.7 Å². The Bertz CT molecular complexity index is 913. The second kappa shape index (κ2) is 6.78. The molecule has 0 saturated carbocycles. The molecule has 1 unspecified atom stereocenters. The van der Waals surface area contributed by atoms with E-state index in [1.54, 1.807) is 6.20 Å². The number of hydrogen-bond donors (Lipinski definition) is 1. The molecular weight excluding hydrogens is 328 g/mol. The van der Waals surface area contributed by atoms with Gasteiger partial charge in [0.05, 0.1) is 35.6 Å². The van der Waals surface area contributed by atoms with Gasteiger partial charge in [-0.1, -0.05) is 35.5 Å². The Morgan fingerprint density at radius 1 is 1.31 bits per heavy atom. The Morgan fingerprint density at radius 2 is 2.12 bits per heavy atom. The molecule has 1 aliphatic heterocycles. The van der Waals surface area contributed by atoms with Gasteiger partial charge in [-0.2, -0.15) is 5.10 Å². The quantitative estimate of drug-likeness (QED) is 0.780. The van der Waals surface area contributed by atoms with E-state index in [0.717, 1.165) is 53.2 Å². The summed E-state index contributed by atoms with van der Waals surface area (Å²) in [5, 5.41) is 11.4. The fourth-order valence-electron chi connectivity index (χ4n) is 3.63. The Hall–Kier alpha value is -2.89. The first-order chi connectivity index (χ1) is 12.6. The van der Waals surface area contributed by atoms with E-state index in [1.165, 1.54) is 0 Å². The van der Waals surface area contributed by atoms with E-state index in [9.17, 15) is 4.79 Å². The summed E-state index contributed by atoms with van der Waals surface area (Å²) in [5.41, 5.74) is 4.74. The number of rotatable bonds is 4. The maximum atomic E-state index is 12.9. The van der Waals surface area contributed by atoms with E-state index in [1.807, 2.05) is 49.1 Å². The normalized spacial score (nSPS) is 17.0. The van der Waals surface area contributed by atoms with Gasteiger partial charge in [0, 0.05) is 12.1 Å². The third-order valence-electron chi connectivity index (χ3n) is 5.18. The van der Waals surface area contributed by atoms with Crippen LogP contribution in [0.3, 0.4) is 0 Å². The Morgan fingerprint density at radius 3 is 2.85 bits per heavy atom. The van der Waals surface area contributed by atoms with E-state index in [2.05, 4.69) is 15.4 Å². The van der Waals surface area contributed by atoms with Crippen molar-refractivity contribution < 1.29 is 9.32 Å². The highest BCUT2D eigenvalue weighted by atomic mass is 16.5. The van der Waals surface area contributed by atoms with Crippen LogP contribution in [0.2, 0.25) is 0 Å². The van der Waals surface area contributed by atoms with Crippen molar-refractivity contribution in [3.05, 3.63) is 59.0 Å². The molecule has 1 fully saturated rings. The van der Waals surface area contributed by atoms with Crippen molar-refractivity contribution >= 4 is 5.91 Å². The summed E-state index contributed by atoms with van der Waals surface area (Å²) >= 11 is 0. The molecule has 4 rings (SSSR count). The molecule has 1 saturated heterocycles. The van der Waals surface area contributed by atoms with Crippen molar-refractivity contribution in [2.24, 2.45) is 0 Å². The lowest BCUT2D eigenvalue weighted by Crippen LogP contribution is -2.32. The van der Waals surface area contributed by atoms with Gasteiger partial charge >= 0.3 is 0 Å². The highest BCUT2D eigenvalue weighted by Gasteiger charge is 2.33. The first-order valence-electron chi connectivity index (χ1n) is 8.95. The molecular formula is C20H22N4O2. The second-order valence-corrected chi connectivity index (χ2v) is 6.83. The summed E-state index contributed by atoms with van der Waals surface area (Å²) in [5.74, 6) is 0.873. The van der Waals surface area contributed by atoms with Gasteiger partial charge < -0.3 is 9.42 Å². The largest absolute Gasteiger partial charge is 0.356 e. The maximum absolute atomic E-state index is 12.9. The summed E-state index contributed by atoms with van der Waals surface area (Å²) in [6.07, 6.45) is 4.08. The van der Waals surface area contributed by atoms with Crippen LogP contribution in [0.4, 0.5) is 0 Å². The lowest BCUT2D eigenvalue weighted by molar-refractivity contribution is -0.131. The molecule has 1 amide bonds. The molecule has 26 heavy (non-hydrogen) atoms. The predicted molar refractivity (Wildman–Crippen MR) is 97.4 cm³/mol.